The molecule has 1 aliphatic heterocycles. The largest absolute Gasteiger partial charge is 0.345 e. The Morgan fingerprint density at radius 2 is 1.91 bits per heavy atom. The summed E-state index contributed by atoms with van der Waals surface area (Å²) in [6, 6.07) is 3.74. The Hall–Kier alpha value is -2.16. The van der Waals surface area contributed by atoms with Crippen LogP contribution < -0.4 is 0 Å². The number of carbonyl (C=O) groups is 1. The van der Waals surface area contributed by atoms with Crippen LogP contribution >= 0.6 is 0 Å². The molecule has 0 spiro atoms. The molecule has 1 saturated heterocycles. The predicted octanol–water partition coefficient (Wildman–Crippen LogP) is 0.0815. The van der Waals surface area contributed by atoms with Crippen LogP contribution in [0.15, 0.2) is 36.0 Å². The van der Waals surface area contributed by atoms with E-state index >= 15 is 0 Å². The third kappa shape index (κ3) is 3.14. The van der Waals surface area contributed by atoms with E-state index < -0.39 is 15.1 Å². The van der Waals surface area contributed by atoms with E-state index in [1.165, 1.54) is 10.9 Å². The molecule has 0 saturated carbocycles. The highest BCUT2D eigenvalue weighted by Gasteiger charge is 2.35. The summed E-state index contributed by atoms with van der Waals surface area (Å²) in [7, 11) is -1.89. The molecule has 0 unspecified atom stereocenters. The van der Waals surface area contributed by atoms with Gasteiger partial charge in [0.05, 0.1) is 5.25 Å². The summed E-state index contributed by atoms with van der Waals surface area (Å²) in [5.74, 6) is 0.00991. The van der Waals surface area contributed by atoms with E-state index in [-0.39, 0.29) is 17.6 Å². The summed E-state index contributed by atoms with van der Waals surface area (Å²) in [6.07, 6.45) is 5.90. The number of hydrogen-bond acceptors (Lipinski definition) is 5. The Labute approximate surface area is 134 Å². The Balaban J connectivity index is 1.62. The van der Waals surface area contributed by atoms with E-state index in [1.54, 1.807) is 11.9 Å². The van der Waals surface area contributed by atoms with E-state index in [0.717, 1.165) is 0 Å². The van der Waals surface area contributed by atoms with Gasteiger partial charge in [-0.1, -0.05) is 0 Å². The molecule has 1 aliphatic rings. The van der Waals surface area contributed by atoms with Crippen LogP contribution in [-0.4, -0.2) is 56.9 Å². The summed E-state index contributed by atoms with van der Waals surface area (Å²) in [5.41, 5.74) is 0. The van der Waals surface area contributed by atoms with Crippen molar-refractivity contribution in [2.75, 3.05) is 13.1 Å². The van der Waals surface area contributed by atoms with Crippen molar-refractivity contribution < 1.29 is 13.2 Å². The number of amides is 1. The van der Waals surface area contributed by atoms with Gasteiger partial charge in [-0.05, 0) is 25.0 Å². The van der Waals surface area contributed by atoms with Crippen LogP contribution in [0.25, 0.3) is 0 Å². The zero-order valence-electron chi connectivity index (χ0n) is 12.9. The molecular formula is C14H19N5O3S. The van der Waals surface area contributed by atoms with Crippen LogP contribution in [-0.2, 0) is 28.2 Å². The van der Waals surface area contributed by atoms with E-state index in [4.69, 9.17) is 0 Å². The molecule has 1 amide bonds. The fourth-order valence-electron chi connectivity index (χ4n) is 2.83. The molecule has 2 aromatic rings. The minimum atomic E-state index is -3.50. The maximum atomic E-state index is 12.6. The fourth-order valence-corrected chi connectivity index (χ4v) is 4.57. The van der Waals surface area contributed by atoms with E-state index in [9.17, 15) is 13.2 Å². The highest BCUT2D eigenvalue weighted by molar-refractivity contribution is 7.91. The lowest BCUT2D eigenvalue weighted by Crippen LogP contribution is -2.44. The van der Waals surface area contributed by atoms with Crippen molar-refractivity contribution in [1.29, 1.82) is 0 Å². The van der Waals surface area contributed by atoms with E-state index in [2.05, 4.69) is 10.2 Å². The third-order valence-corrected chi connectivity index (χ3v) is 6.37. The Bertz CT molecular complexity index is 773. The molecule has 0 radical (unpaired) electrons. The first-order chi connectivity index (χ1) is 11.0. The van der Waals surface area contributed by atoms with Crippen LogP contribution in [0.2, 0.25) is 0 Å². The van der Waals surface area contributed by atoms with Gasteiger partial charge >= 0.3 is 0 Å². The van der Waals surface area contributed by atoms with Crippen molar-refractivity contribution in [1.82, 2.24) is 24.2 Å². The second-order valence-corrected chi connectivity index (χ2v) is 7.83. The summed E-state index contributed by atoms with van der Waals surface area (Å²) >= 11 is 0. The molecule has 0 aliphatic carbocycles. The molecular weight excluding hydrogens is 318 g/mol. The highest BCUT2D eigenvalue weighted by atomic mass is 32.2. The first-order valence-electron chi connectivity index (χ1n) is 7.45. The third-order valence-electron chi connectivity index (χ3n) is 4.14. The zero-order chi connectivity index (χ0) is 16.4. The van der Waals surface area contributed by atoms with Gasteiger partial charge in [0.15, 0.2) is 0 Å². The molecule has 0 atom stereocenters. The average Bonchev–Trinajstić information content (AvgIpc) is 3.19. The van der Waals surface area contributed by atoms with Crippen LogP contribution in [0.1, 0.15) is 12.8 Å². The Kier molecular flexibility index (Phi) is 4.20. The number of aryl methyl sites for hydroxylation is 1. The lowest BCUT2D eigenvalue weighted by Gasteiger charge is -2.31. The maximum Gasteiger partial charge on any atom is 0.249 e. The number of hydrogen-bond donors (Lipinski definition) is 0. The molecule has 2 aromatic heterocycles. The van der Waals surface area contributed by atoms with Gasteiger partial charge in [-0.2, -0.15) is 0 Å². The number of carbonyl (C=O) groups excluding carboxylic acids is 1. The summed E-state index contributed by atoms with van der Waals surface area (Å²) < 4.78 is 28.4. The molecule has 23 heavy (non-hydrogen) atoms. The smallest absolute Gasteiger partial charge is 0.249 e. The monoisotopic (exact) mass is 337 g/mol. The average molecular weight is 337 g/mol. The number of nitrogens with zero attached hydrogens (tertiary/aromatic N) is 5. The molecule has 124 valence electrons. The van der Waals surface area contributed by atoms with Crippen molar-refractivity contribution in [2.24, 2.45) is 7.05 Å². The quantitative estimate of drug-likeness (QED) is 0.788. The number of piperidine rings is 1. The van der Waals surface area contributed by atoms with Gasteiger partial charge in [0.1, 0.15) is 12.9 Å². The van der Waals surface area contributed by atoms with Crippen molar-refractivity contribution >= 4 is 15.7 Å². The van der Waals surface area contributed by atoms with Crippen molar-refractivity contribution in [3.8, 4) is 0 Å². The Morgan fingerprint density at radius 1 is 1.26 bits per heavy atom. The fraction of sp³-hybridized carbons (Fsp3) is 0.500. The molecule has 0 bridgehead atoms. The minimum absolute atomic E-state index is 0.00498. The molecule has 9 heteroatoms. The van der Waals surface area contributed by atoms with Gasteiger partial charge < -0.3 is 14.0 Å². The first-order valence-corrected chi connectivity index (χ1v) is 8.99. The lowest BCUT2D eigenvalue weighted by atomic mass is 10.1. The number of rotatable bonds is 4. The number of likely N-dealkylation sites (tertiary alicyclic amines) is 1. The lowest BCUT2D eigenvalue weighted by molar-refractivity contribution is -0.132. The first kappa shape index (κ1) is 15.7. The maximum absolute atomic E-state index is 12.6. The van der Waals surface area contributed by atoms with Crippen LogP contribution in [0.3, 0.4) is 0 Å². The van der Waals surface area contributed by atoms with Crippen LogP contribution in [0.4, 0.5) is 0 Å². The van der Waals surface area contributed by atoms with Gasteiger partial charge in [-0.25, -0.2) is 8.42 Å². The molecule has 3 rings (SSSR count). The molecule has 1 fully saturated rings. The summed E-state index contributed by atoms with van der Waals surface area (Å²) in [5, 5.41) is 6.82. The van der Waals surface area contributed by atoms with Gasteiger partial charge in [0.2, 0.25) is 20.9 Å². The van der Waals surface area contributed by atoms with E-state index in [0.29, 0.717) is 25.9 Å². The van der Waals surface area contributed by atoms with Gasteiger partial charge in [-0.15, -0.1) is 10.2 Å². The van der Waals surface area contributed by atoms with E-state index in [1.807, 2.05) is 29.1 Å². The van der Waals surface area contributed by atoms with Crippen LogP contribution in [0, 0.1) is 0 Å². The second kappa shape index (κ2) is 6.15. The zero-order valence-corrected chi connectivity index (χ0v) is 13.7. The number of sulfone groups is 1. The molecule has 3 heterocycles. The minimum Gasteiger partial charge on any atom is -0.345 e. The standard InChI is InChI=1S/C14H19N5O3S/c1-17-11-15-16-14(17)23(21,22)12-4-8-19(9-5-12)13(20)10-18-6-2-3-7-18/h2-3,6-7,11-12H,4-5,8-10H2,1H3. The second-order valence-electron chi connectivity index (χ2n) is 5.70. The highest BCUT2D eigenvalue weighted by Crippen LogP contribution is 2.23. The molecule has 0 N–H and O–H groups in total. The molecule has 8 nitrogen and oxygen atoms in total. The van der Waals surface area contributed by atoms with Crippen molar-refractivity contribution in [2.45, 2.75) is 29.8 Å². The van der Waals surface area contributed by atoms with Crippen molar-refractivity contribution in [3.63, 3.8) is 0 Å². The predicted molar refractivity (Wildman–Crippen MR) is 82.2 cm³/mol. The van der Waals surface area contributed by atoms with Crippen molar-refractivity contribution in [3.05, 3.63) is 30.9 Å². The topological polar surface area (TPSA) is 90.1 Å². The summed E-state index contributed by atoms with van der Waals surface area (Å²) in [4.78, 5) is 14.0. The van der Waals surface area contributed by atoms with Gasteiger partial charge in [0.25, 0.3) is 0 Å². The molecule has 0 aromatic carbocycles. The SMILES string of the molecule is Cn1cnnc1S(=O)(=O)C1CCN(C(=O)Cn2cccc2)CC1. The number of aromatic nitrogens is 4. The Morgan fingerprint density at radius 3 is 2.48 bits per heavy atom. The summed E-state index contributed by atoms with van der Waals surface area (Å²) in [6.45, 7) is 1.18. The van der Waals surface area contributed by atoms with Gasteiger partial charge in [-0.3, -0.25) is 4.79 Å². The van der Waals surface area contributed by atoms with Crippen LogP contribution in [0.5, 0.6) is 0 Å². The normalized spacial score (nSPS) is 16.7. The van der Waals surface area contributed by atoms with Gasteiger partial charge in [0, 0.05) is 32.5 Å².